The fourth-order valence-electron chi connectivity index (χ4n) is 2.46. The summed E-state index contributed by atoms with van der Waals surface area (Å²) in [6.45, 7) is 1.71. The van der Waals surface area contributed by atoms with Gasteiger partial charge in [0.1, 0.15) is 5.75 Å². The summed E-state index contributed by atoms with van der Waals surface area (Å²) in [4.78, 5) is 24.5. The summed E-state index contributed by atoms with van der Waals surface area (Å²) < 4.78 is 0. The second-order valence-electron chi connectivity index (χ2n) is 5.81. The van der Waals surface area contributed by atoms with Crippen molar-refractivity contribution in [3.63, 3.8) is 0 Å². The lowest BCUT2D eigenvalue weighted by Gasteiger charge is -2.11. The molecule has 7 heteroatoms. The third-order valence-corrected chi connectivity index (χ3v) is 4.91. The Bertz CT molecular complexity index is 989. The van der Waals surface area contributed by atoms with Crippen molar-refractivity contribution >= 4 is 29.0 Å². The quantitative estimate of drug-likeness (QED) is 0.479. The molecule has 3 rings (SSSR count). The summed E-state index contributed by atoms with van der Waals surface area (Å²) in [6, 6.07) is 18.2. The monoisotopic (exact) mass is 380 g/mol. The molecule has 0 radical (unpaired) electrons. The molecule has 0 aliphatic rings. The van der Waals surface area contributed by atoms with Crippen LogP contribution in [0.5, 0.6) is 5.75 Å². The topological polar surface area (TPSA) is 92.5 Å². The van der Waals surface area contributed by atoms with E-state index in [1.807, 2.05) is 6.07 Å². The van der Waals surface area contributed by atoms with E-state index in [2.05, 4.69) is 5.32 Å². The summed E-state index contributed by atoms with van der Waals surface area (Å²) in [5.74, 6) is -0.165. The molecule has 27 heavy (non-hydrogen) atoms. The highest BCUT2D eigenvalue weighted by molar-refractivity contribution is 7.99. The second kappa shape index (κ2) is 7.92. The number of nitrogens with zero attached hydrogens (tertiary/aromatic N) is 1. The minimum absolute atomic E-state index is 0.0386. The van der Waals surface area contributed by atoms with Crippen molar-refractivity contribution in [2.24, 2.45) is 0 Å². The second-order valence-corrected chi connectivity index (χ2v) is 6.92. The van der Waals surface area contributed by atoms with E-state index in [0.717, 1.165) is 4.90 Å². The molecular formula is C20H16N2O4S. The first kappa shape index (κ1) is 18.5. The molecule has 136 valence electrons. The minimum Gasteiger partial charge on any atom is -0.508 e. The lowest BCUT2D eigenvalue weighted by atomic mass is 10.1. The first-order chi connectivity index (χ1) is 12.9. The van der Waals surface area contributed by atoms with Crippen LogP contribution in [0.1, 0.15) is 15.9 Å². The molecule has 2 N–H and O–H groups in total. The van der Waals surface area contributed by atoms with Crippen molar-refractivity contribution in [2.45, 2.75) is 16.7 Å². The summed E-state index contributed by atoms with van der Waals surface area (Å²) in [5, 5.41) is 23.6. The number of hydrogen-bond acceptors (Lipinski definition) is 5. The van der Waals surface area contributed by atoms with Gasteiger partial charge in [0.05, 0.1) is 9.82 Å². The number of carbonyl (C=O) groups excluding carboxylic acids is 1. The molecule has 0 fully saturated rings. The Hall–Kier alpha value is -3.32. The van der Waals surface area contributed by atoms with Gasteiger partial charge in [0, 0.05) is 22.2 Å². The van der Waals surface area contributed by atoms with Crippen LogP contribution in [0.4, 0.5) is 11.4 Å². The van der Waals surface area contributed by atoms with E-state index in [9.17, 15) is 20.0 Å². The third kappa shape index (κ3) is 4.45. The number of carbonyl (C=O) groups is 1. The van der Waals surface area contributed by atoms with E-state index in [1.165, 1.54) is 30.0 Å². The molecule has 3 aromatic rings. The van der Waals surface area contributed by atoms with Crippen LogP contribution in [0.25, 0.3) is 0 Å². The van der Waals surface area contributed by atoms with E-state index >= 15 is 0 Å². The molecule has 0 aromatic heterocycles. The number of phenolic OH excluding ortho intramolecular Hbond substituents is 1. The molecule has 0 unspecified atom stereocenters. The molecule has 0 aliphatic carbocycles. The maximum atomic E-state index is 12.4. The third-order valence-electron chi connectivity index (χ3n) is 3.85. The van der Waals surface area contributed by atoms with Crippen LogP contribution in [-0.4, -0.2) is 15.9 Å². The molecule has 0 heterocycles. The number of rotatable bonds is 5. The fraction of sp³-hybridized carbons (Fsp3) is 0.0500. The van der Waals surface area contributed by atoms with Gasteiger partial charge < -0.3 is 10.4 Å². The largest absolute Gasteiger partial charge is 0.508 e. The highest BCUT2D eigenvalue weighted by Crippen LogP contribution is 2.38. The maximum Gasteiger partial charge on any atom is 0.283 e. The van der Waals surface area contributed by atoms with Crippen LogP contribution in [0.3, 0.4) is 0 Å². The van der Waals surface area contributed by atoms with Gasteiger partial charge in [0.2, 0.25) is 0 Å². The molecular weight excluding hydrogens is 364 g/mol. The average Bonchev–Trinajstić information content (AvgIpc) is 2.66. The number of nitro benzene ring substituents is 1. The molecule has 0 saturated carbocycles. The molecule has 0 aliphatic heterocycles. The number of anilines is 1. The molecule has 6 nitrogen and oxygen atoms in total. The Balaban J connectivity index is 1.94. The number of nitrogens with one attached hydrogen (secondary N) is 1. The normalized spacial score (nSPS) is 10.4. The highest BCUT2D eigenvalue weighted by Gasteiger charge is 2.19. The van der Waals surface area contributed by atoms with Crippen molar-refractivity contribution in [3.8, 4) is 5.75 Å². The van der Waals surface area contributed by atoms with Gasteiger partial charge in [-0.25, -0.2) is 0 Å². The first-order valence-electron chi connectivity index (χ1n) is 8.06. The zero-order chi connectivity index (χ0) is 19.4. The van der Waals surface area contributed by atoms with E-state index in [0.29, 0.717) is 21.7 Å². The highest BCUT2D eigenvalue weighted by atomic mass is 32.2. The molecule has 0 saturated heterocycles. The van der Waals surface area contributed by atoms with E-state index < -0.39 is 4.92 Å². The van der Waals surface area contributed by atoms with Gasteiger partial charge in [0.15, 0.2) is 0 Å². The molecule has 0 spiro atoms. The number of nitro groups is 1. The minimum atomic E-state index is -0.446. The number of hydrogen-bond donors (Lipinski definition) is 2. The van der Waals surface area contributed by atoms with Crippen LogP contribution in [-0.2, 0) is 0 Å². The van der Waals surface area contributed by atoms with Gasteiger partial charge in [-0.3, -0.25) is 14.9 Å². The summed E-state index contributed by atoms with van der Waals surface area (Å²) in [6.07, 6.45) is 0. The van der Waals surface area contributed by atoms with Crippen molar-refractivity contribution in [1.29, 1.82) is 0 Å². The Morgan fingerprint density at radius 3 is 2.37 bits per heavy atom. The zero-order valence-corrected chi connectivity index (χ0v) is 15.2. The molecule has 0 atom stereocenters. The average molecular weight is 380 g/mol. The zero-order valence-electron chi connectivity index (χ0n) is 14.4. The van der Waals surface area contributed by atoms with Crippen molar-refractivity contribution < 1.29 is 14.8 Å². The van der Waals surface area contributed by atoms with E-state index in [1.54, 1.807) is 49.4 Å². The smallest absolute Gasteiger partial charge is 0.283 e. The lowest BCUT2D eigenvalue weighted by Crippen LogP contribution is -2.13. The van der Waals surface area contributed by atoms with Crippen molar-refractivity contribution in [2.75, 3.05) is 5.32 Å². The van der Waals surface area contributed by atoms with Crippen LogP contribution < -0.4 is 5.32 Å². The van der Waals surface area contributed by atoms with Gasteiger partial charge >= 0.3 is 0 Å². The summed E-state index contributed by atoms with van der Waals surface area (Å²) >= 11 is 1.19. The number of aryl methyl sites for hydroxylation is 1. The van der Waals surface area contributed by atoms with E-state index in [-0.39, 0.29) is 17.3 Å². The Morgan fingerprint density at radius 2 is 1.74 bits per heavy atom. The van der Waals surface area contributed by atoms with Crippen LogP contribution in [0.15, 0.2) is 76.5 Å². The summed E-state index contributed by atoms with van der Waals surface area (Å²) in [7, 11) is 0. The van der Waals surface area contributed by atoms with Crippen molar-refractivity contribution in [3.05, 3.63) is 88.0 Å². The van der Waals surface area contributed by atoms with Crippen molar-refractivity contribution in [1.82, 2.24) is 0 Å². The Morgan fingerprint density at radius 1 is 1.07 bits per heavy atom. The Labute approximate surface area is 160 Å². The lowest BCUT2D eigenvalue weighted by molar-refractivity contribution is -0.387. The van der Waals surface area contributed by atoms with Gasteiger partial charge in [-0.05, 0) is 55.0 Å². The predicted molar refractivity (Wildman–Crippen MR) is 104 cm³/mol. The first-order valence-corrected chi connectivity index (χ1v) is 8.88. The number of benzene rings is 3. The van der Waals surface area contributed by atoms with Gasteiger partial charge in [-0.2, -0.15) is 0 Å². The van der Waals surface area contributed by atoms with Crippen LogP contribution in [0, 0.1) is 17.0 Å². The SMILES string of the molecule is Cc1cc([N+](=O)[O-])c(Sc2ccc(O)cc2)cc1NC(=O)c1ccccc1. The standard InChI is InChI=1S/C20H16N2O4S/c1-13-11-18(22(25)26)19(27-16-9-7-15(23)8-10-16)12-17(13)21-20(24)14-5-3-2-4-6-14/h2-12,23H,1H3,(H,21,24). The number of amides is 1. The molecule has 0 bridgehead atoms. The fourth-order valence-corrected chi connectivity index (χ4v) is 3.40. The predicted octanol–water partition coefficient (Wildman–Crippen LogP) is 5.01. The van der Waals surface area contributed by atoms with Gasteiger partial charge in [-0.1, -0.05) is 30.0 Å². The van der Waals surface area contributed by atoms with E-state index in [4.69, 9.17) is 0 Å². The van der Waals surface area contributed by atoms with Gasteiger partial charge in [0.25, 0.3) is 11.6 Å². The molecule has 3 aromatic carbocycles. The molecule has 1 amide bonds. The van der Waals surface area contributed by atoms with Crippen LogP contribution >= 0.6 is 11.8 Å². The number of phenols is 1. The number of aromatic hydroxyl groups is 1. The Kier molecular flexibility index (Phi) is 5.42. The van der Waals surface area contributed by atoms with Gasteiger partial charge in [-0.15, -0.1) is 0 Å². The maximum absolute atomic E-state index is 12.4. The van der Waals surface area contributed by atoms with Crippen LogP contribution in [0.2, 0.25) is 0 Å². The summed E-state index contributed by atoms with van der Waals surface area (Å²) in [5.41, 5.74) is 1.57.